The number of likely N-dealkylation sites (tertiary alicyclic amines) is 1. The monoisotopic (exact) mass is 246 g/mol. The molecule has 1 aliphatic heterocycles. The first-order chi connectivity index (χ1) is 8.61. The number of carbonyl (C=O) groups is 1. The third kappa shape index (κ3) is 2.72. The Morgan fingerprint density at radius 3 is 2.56 bits per heavy atom. The molecule has 1 heterocycles. The number of amides is 1. The smallest absolute Gasteiger partial charge is 0.253 e. The van der Waals surface area contributed by atoms with Crippen molar-refractivity contribution in [3.63, 3.8) is 0 Å². The van der Waals surface area contributed by atoms with E-state index in [0.29, 0.717) is 18.4 Å². The van der Waals surface area contributed by atoms with Gasteiger partial charge in [-0.25, -0.2) is 0 Å². The Morgan fingerprint density at radius 1 is 1.39 bits per heavy atom. The van der Waals surface area contributed by atoms with E-state index in [2.05, 4.69) is 13.8 Å². The SMILES string of the molecule is CC(C)C1CCN(C(=O)c2ccc(CN)cc2)C1. The van der Waals surface area contributed by atoms with Crippen molar-refractivity contribution in [2.45, 2.75) is 26.8 Å². The summed E-state index contributed by atoms with van der Waals surface area (Å²) in [7, 11) is 0. The molecule has 3 nitrogen and oxygen atoms in total. The Bertz CT molecular complexity index is 411. The maximum Gasteiger partial charge on any atom is 0.253 e. The van der Waals surface area contributed by atoms with Gasteiger partial charge in [0, 0.05) is 25.2 Å². The summed E-state index contributed by atoms with van der Waals surface area (Å²) in [5.74, 6) is 1.46. The van der Waals surface area contributed by atoms with Crippen LogP contribution in [0.1, 0.15) is 36.2 Å². The molecule has 1 atom stereocenters. The van der Waals surface area contributed by atoms with Crippen LogP contribution in [0.2, 0.25) is 0 Å². The normalized spacial score (nSPS) is 19.6. The zero-order valence-electron chi connectivity index (χ0n) is 11.2. The van der Waals surface area contributed by atoms with Crippen LogP contribution in [0, 0.1) is 11.8 Å². The molecule has 2 N–H and O–H groups in total. The molecule has 18 heavy (non-hydrogen) atoms. The first kappa shape index (κ1) is 13.1. The molecule has 1 aliphatic rings. The summed E-state index contributed by atoms with van der Waals surface area (Å²) in [5.41, 5.74) is 7.39. The maximum absolute atomic E-state index is 12.3. The Hall–Kier alpha value is -1.35. The molecule has 0 radical (unpaired) electrons. The summed E-state index contributed by atoms with van der Waals surface area (Å²) in [6.45, 7) is 6.77. The minimum atomic E-state index is 0.154. The lowest BCUT2D eigenvalue weighted by Gasteiger charge is -2.18. The molecule has 1 amide bonds. The summed E-state index contributed by atoms with van der Waals surface area (Å²) < 4.78 is 0. The highest BCUT2D eigenvalue weighted by molar-refractivity contribution is 5.94. The summed E-state index contributed by atoms with van der Waals surface area (Å²) in [6.07, 6.45) is 1.13. The minimum absolute atomic E-state index is 0.154. The molecule has 0 aromatic heterocycles. The Morgan fingerprint density at radius 2 is 2.06 bits per heavy atom. The van der Waals surface area contributed by atoms with Gasteiger partial charge in [-0.2, -0.15) is 0 Å². The molecule has 0 spiro atoms. The van der Waals surface area contributed by atoms with Crippen LogP contribution in [-0.4, -0.2) is 23.9 Å². The highest BCUT2D eigenvalue weighted by atomic mass is 16.2. The van der Waals surface area contributed by atoms with Gasteiger partial charge in [-0.05, 0) is 36.0 Å². The molecule has 1 saturated heterocycles. The van der Waals surface area contributed by atoms with Crippen molar-refractivity contribution < 1.29 is 4.79 Å². The Balaban J connectivity index is 2.03. The highest BCUT2D eigenvalue weighted by Gasteiger charge is 2.28. The average Bonchev–Trinajstić information content (AvgIpc) is 2.88. The number of benzene rings is 1. The number of rotatable bonds is 3. The second-order valence-electron chi connectivity index (χ2n) is 5.44. The standard InChI is InChI=1S/C15H22N2O/c1-11(2)14-7-8-17(10-14)15(18)13-5-3-12(9-16)4-6-13/h3-6,11,14H,7-10,16H2,1-2H3. The van der Waals surface area contributed by atoms with Crippen molar-refractivity contribution in [3.8, 4) is 0 Å². The van der Waals surface area contributed by atoms with Gasteiger partial charge in [0.25, 0.3) is 5.91 Å². The molecule has 2 rings (SSSR count). The minimum Gasteiger partial charge on any atom is -0.338 e. The summed E-state index contributed by atoms with van der Waals surface area (Å²) in [6, 6.07) is 7.63. The van der Waals surface area contributed by atoms with Crippen molar-refractivity contribution in [2.75, 3.05) is 13.1 Å². The van der Waals surface area contributed by atoms with Gasteiger partial charge in [-0.3, -0.25) is 4.79 Å². The quantitative estimate of drug-likeness (QED) is 0.889. The fraction of sp³-hybridized carbons (Fsp3) is 0.533. The topological polar surface area (TPSA) is 46.3 Å². The highest BCUT2D eigenvalue weighted by Crippen LogP contribution is 2.24. The third-order valence-corrected chi connectivity index (χ3v) is 3.89. The van der Waals surface area contributed by atoms with Crippen LogP contribution < -0.4 is 5.73 Å². The van der Waals surface area contributed by atoms with Gasteiger partial charge < -0.3 is 10.6 Å². The van der Waals surface area contributed by atoms with Crippen LogP contribution in [0.3, 0.4) is 0 Å². The lowest BCUT2D eigenvalue weighted by molar-refractivity contribution is 0.0784. The van der Waals surface area contributed by atoms with Crippen molar-refractivity contribution in [2.24, 2.45) is 17.6 Å². The fourth-order valence-corrected chi connectivity index (χ4v) is 2.48. The molecule has 1 unspecified atom stereocenters. The van der Waals surface area contributed by atoms with Gasteiger partial charge in [0.2, 0.25) is 0 Å². The van der Waals surface area contributed by atoms with Gasteiger partial charge >= 0.3 is 0 Å². The number of hydrogen-bond acceptors (Lipinski definition) is 2. The van der Waals surface area contributed by atoms with Gasteiger partial charge in [-0.15, -0.1) is 0 Å². The van der Waals surface area contributed by atoms with Crippen LogP contribution in [0.25, 0.3) is 0 Å². The van der Waals surface area contributed by atoms with Gasteiger partial charge in [0.05, 0.1) is 0 Å². The number of hydrogen-bond donors (Lipinski definition) is 1. The summed E-state index contributed by atoms with van der Waals surface area (Å²) in [5, 5.41) is 0. The summed E-state index contributed by atoms with van der Waals surface area (Å²) in [4.78, 5) is 14.3. The van der Waals surface area contributed by atoms with Crippen LogP contribution in [-0.2, 0) is 6.54 Å². The van der Waals surface area contributed by atoms with E-state index in [1.165, 1.54) is 0 Å². The summed E-state index contributed by atoms with van der Waals surface area (Å²) >= 11 is 0. The number of nitrogens with two attached hydrogens (primary N) is 1. The Kier molecular flexibility index (Phi) is 4.02. The molecule has 1 fully saturated rings. The maximum atomic E-state index is 12.3. The molecule has 1 aromatic rings. The molecule has 98 valence electrons. The zero-order chi connectivity index (χ0) is 13.1. The van der Waals surface area contributed by atoms with Crippen LogP contribution in [0.5, 0.6) is 0 Å². The predicted molar refractivity (Wildman–Crippen MR) is 73.2 cm³/mol. The van der Waals surface area contributed by atoms with E-state index in [-0.39, 0.29) is 5.91 Å². The van der Waals surface area contributed by atoms with E-state index in [1.807, 2.05) is 29.2 Å². The second kappa shape index (κ2) is 5.53. The molecular formula is C15H22N2O. The van der Waals surface area contributed by atoms with E-state index >= 15 is 0 Å². The van der Waals surface area contributed by atoms with Crippen molar-refractivity contribution in [1.82, 2.24) is 4.90 Å². The number of carbonyl (C=O) groups excluding carboxylic acids is 1. The van der Waals surface area contributed by atoms with E-state index < -0.39 is 0 Å². The molecule has 1 aromatic carbocycles. The van der Waals surface area contributed by atoms with E-state index in [4.69, 9.17) is 5.73 Å². The lowest BCUT2D eigenvalue weighted by atomic mass is 9.95. The first-order valence-corrected chi connectivity index (χ1v) is 6.70. The van der Waals surface area contributed by atoms with E-state index in [9.17, 15) is 4.79 Å². The molecule has 0 aliphatic carbocycles. The molecule has 0 bridgehead atoms. The molecule has 3 heteroatoms. The van der Waals surface area contributed by atoms with E-state index in [1.54, 1.807) is 0 Å². The largest absolute Gasteiger partial charge is 0.338 e. The van der Waals surface area contributed by atoms with Gasteiger partial charge in [0.1, 0.15) is 0 Å². The van der Waals surface area contributed by atoms with Crippen molar-refractivity contribution >= 4 is 5.91 Å². The van der Waals surface area contributed by atoms with Gasteiger partial charge in [0.15, 0.2) is 0 Å². The van der Waals surface area contributed by atoms with Crippen LogP contribution >= 0.6 is 0 Å². The van der Waals surface area contributed by atoms with Crippen LogP contribution in [0.4, 0.5) is 0 Å². The number of nitrogens with zero attached hydrogens (tertiary/aromatic N) is 1. The third-order valence-electron chi connectivity index (χ3n) is 3.89. The molecular weight excluding hydrogens is 224 g/mol. The second-order valence-corrected chi connectivity index (χ2v) is 5.44. The van der Waals surface area contributed by atoms with Gasteiger partial charge in [-0.1, -0.05) is 26.0 Å². The van der Waals surface area contributed by atoms with Crippen molar-refractivity contribution in [1.29, 1.82) is 0 Å². The first-order valence-electron chi connectivity index (χ1n) is 6.70. The Labute approximate surface area is 109 Å². The van der Waals surface area contributed by atoms with Crippen molar-refractivity contribution in [3.05, 3.63) is 35.4 Å². The van der Waals surface area contributed by atoms with Crippen LogP contribution in [0.15, 0.2) is 24.3 Å². The average molecular weight is 246 g/mol. The zero-order valence-corrected chi connectivity index (χ0v) is 11.2. The lowest BCUT2D eigenvalue weighted by Crippen LogP contribution is -2.29. The molecule has 0 saturated carbocycles. The predicted octanol–water partition coefficient (Wildman–Crippen LogP) is 2.26. The van der Waals surface area contributed by atoms with E-state index in [0.717, 1.165) is 30.6 Å². The fourth-order valence-electron chi connectivity index (χ4n) is 2.48.